The first-order chi connectivity index (χ1) is 13.9. The van der Waals surface area contributed by atoms with E-state index in [4.69, 9.17) is 13.9 Å². The number of carbonyl (C=O) groups excluding carboxylic acids is 2. The van der Waals surface area contributed by atoms with Gasteiger partial charge in [-0.05, 0) is 43.2 Å². The Morgan fingerprint density at radius 3 is 2.59 bits per heavy atom. The van der Waals surface area contributed by atoms with Gasteiger partial charge >= 0.3 is 0 Å². The van der Waals surface area contributed by atoms with Crippen LogP contribution in [0.3, 0.4) is 0 Å². The van der Waals surface area contributed by atoms with Crippen molar-refractivity contribution in [3.05, 3.63) is 58.7 Å². The number of rotatable bonds is 8. The average Bonchev–Trinajstić information content (AvgIpc) is 3.25. The minimum atomic E-state index is -0.855. The molecule has 29 heavy (non-hydrogen) atoms. The third-order valence-electron chi connectivity index (χ3n) is 4.78. The third kappa shape index (κ3) is 3.84. The maximum absolute atomic E-state index is 13.1. The second kappa shape index (κ2) is 8.40. The van der Waals surface area contributed by atoms with Crippen LogP contribution < -0.4 is 4.74 Å². The van der Waals surface area contributed by atoms with Gasteiger partial charge < -0.3 is 29.0 Å². The number of aryl methyl sites for hydroxylation is 1. The number of phenolic OH excluding ortho intramolecular Hbond substituents is 1. The second-order valence-electron chi connectivity index (χ2n) is 6.68. The molecule has 0 spiro atoms. The lowest BCUT2D eigenvalue weighted by atomic mass is 9.94. The number of hydrogen-bond acceptors (Lipinski definition) is 7. The van der Waals surface area contributed by atoms with E-state index in [1.54, 1.807) is 26.2 Å². The number of aliphatic hydroxyl groups excluding tert-OH is 1. The summed E-state index contributed by atoms with van der Waals surface area (Å²) in [5.74, 6) is -1.14. The predicted octanol–water partition coefficient (Wildman–Crippen LogP) is 2.92. The smallest absolute Gasteiger partial charge is 0.290 e. The number of methoxy groups -OCH3 is 2. The van der Waals surface area contributed by atoms with Crippen molar-refractivity contribution >= 4 is 11.7 Å². The highest BCUT2D eigenvalue weighted by molar-refractivity contribution is 6.15. The fourth-order valence-electron chi connectivity index (χ4n) is 3.40. The number of furan rings is 1. The number of ether oxygens (including phenoxy) is 2. The number of amides is 1. The van der Waals surface area contributed by atoms with E-state index < -0.39 is 23.5 Å². The standard InChI is InChI=1S/C21H23NO7/c1-12-5-8-15(29-12)19(24)17-18(13-6-7-14(23)16(11-13)28-3)22(9-4-10-27-2)21(26)20(17)25/h5-8,11,18,23,25H,4,9-10H2,1-3H3/t18-/m0/s1. The van der Waals surface area contributed by atoms with E-state index in [1.807, 2.05) is 0 Å². The van der Waals surface area contributed by atoms with Crippen molar-refractivity contribution in [2.45, 2.75) is 19.4 Å². The Labute approximate surface area is 168 Å². The summed E-state index contributed by atoms with van der Waals surface area (Å²) in [6, 6.07) is 6.82. The van der Waals surface area contributed by atoms with Gasteiger partial charge in [0.2, 0.25) is 5.78 Å². The van der Waals surface area contributed by atoms with Crippen molar-refractivity contribution < 1.29 is 33.7 Å². The van der Waals surface area contributed by atoms with Crippen LogP contribution in [0.2, 0.25) is 0 Å². The highest BCUT2D eigenvalue weighted by atomic mass is 16.5. The van der Waals surface area contributed by atoms with Crippen molar-refractivity contribution in [3.8, 4) is 11.5 Å². The lowest BCUT2D eigenvalue weighted by molar-refractivity contribution is -0.129. The zero-order valence-corrected chi connectivity index (χ0v) is 16.5. The molecule has 3 rings (SSSR count). The van der Waals surface area contributed by atoms with Crippen molar-refractivity contribution in [2.24, 2.45) is 0 Å². The van der Waals surface area contributed by atoms with Gasteiger partial charge in [-0.3, -0.25) is 9.59 Å². The predicted molar refractivity (Wildman–Crippen MR) is 103 cm³/mol. The summed E-state index contributed by atoms with van der Waals surface area (Å²) in [5.41, 5.74) is 0.440. The molecule has 1 aromatic carbocycles. The molecule has 8 heteroatoms. The zero-order chi connectivity index (χ0) is 21.1. The lowest BCUT2D eigenvalue weighted by Gasteiger charge is -2.27. The van der Waals surface area contributed by atoms with Crippen LogP contribution in [0.25, 0.3) is 0 Å². The van der Waals surface area contributed by atoms with Gasteiger partial charge in [0.25, 0.3) is 5.91 Å². The van der Waals surface area contributed by atoms with Gasteiger partial charge in [0.05, 0.1) is 18.7 Å². The Bertz CT molecular complexity index is 960. The number of hydrogen-bond donors (Lipinski definition) is 2. The number of aromatic hydroxyl groups is 1. The van der Waals surface area contributed by atoms with Crippen LogP contribution >= 0.6 is 0 Å². The van der Waals surface area contributed by atoms with Gasteiger partial charge in [0, 0.05) is 20.3 Å². The van der Waals surface area contributed by atoms with Gasteiger partial charge in [0.15, 0.2) is 23.0 Å². The topological polar surface area (TPSA) is 109 Å². The minimum Gasteiger partial charge on any atom is -0.504 e. The molecule has 8 nitrogen and oxygen atoms in total. The number of aliphatic hydroxyl groups is 1. The molecule has 2 heterocycles. The van der Waals surface area contributed by atoms with Crippen molar-refractivity contribution in [3.63, 3.8) is 0 Å². The summed E-state index contributed by atoms with van der Waals surface area (Å²) >= 11 is 0. The molecule has 1 aromatic heterocycles. The third-order valence-corrected chi connectivity index (χ3v) is 4.78. The first kappa shape index (κ1) is 20.5. The average molecular weight is 401 g/mol. The summed E-state index contributed by atoms with van der Waals surface area (Å²) < 4.78 is 15.6. The van der Waals surface area contributed by atoms with Gasteiger partial charge in [-0.15, -0.1) is 0 Å². The Kier molecular flexibility index (Phi) is 5.93. The molecule has 0 saturated heterocycles. The highest BCUT2D eigenvalue weighted by Gasteiger charge is 2.44. The quantitative estimate of drug-likeness (QED) is 0.517. The fourth-order valence-corrected chi connectivity index (χ4v) is 3.40. The largest absolute Gasteiger partial charge is 0.504 e. The van der Waals surface area contributed by atoms with E-state index in [0.29, 0.717) is 24.4 Å². The molecular formula is C21H23NO7. The van der Waals surface area contributed by atoms with E-state index >= 15 is 0 Å². The molecule has 2 N–H and O–H groups in total. The lowest BCUT2D eigenvalue weighted by Crippen LogP contribution is -2.32. The van der Waals surface area contributed by atoms with E-state index in [2.05, 4.69) is 0 Å². The highest BCUT2D eigenvalue weighted by Crippen LogP contribution is 2.41. The van der Waals surface area contributed by atoms with Gasteiger partial charge in [-0.1, -0.05) is 6.07 Å². The van der Waals surface area contributed by atoms with Gasteiger partial charge in [-0.2, -0.15) is 0 Å². The summed E-state index contributed by atoms with van der Waals surface area (Å²) in [6.45, 7) is 2.37. The van der Waals surface area contributed by atoms with Gasteiger partial charge in [-0.25, -0.2) is 0 Å². The second-order valence-corrected chi connectivity index (χ2v) is 6.68. The molecule has 0 radical (unpaired) electrons. The number of nitrogens with zero attached hydrogens (tertiary/aromatic N) is 1. The normalized spacial score (nSPS) is 16.6. The number of phenols is 1. The van der Waals surface area contributed by atoms with Crippen LogP contribution in [0.1, 0.15) is 34.3 Å². The Hall–Kier alpha value is -3.26. The number of ketones is 1. The molecule has 1 atom stereocenters. The Balaban J connectivity index is 2.07. The molecule has 1 amide bonds. The number of Topliss-reactive ketones (excluding diaryl/α,β-unsaturated/α-hetero) is 1. The molecule has 154 valence electrons. The molecule has 0 saturated carbocycles. The molecule has 1 aliphatic rings. The van der Waals surface area contributed by atoms with Crippen molar-refractivity contribution in [1.82, 2.24) is 4.90 Å². The molecule has 1 aliphatic heterocycles. The van der Waals surface area contributed by atoms with E-state index in [0.717, 1.165) is 0 Å². The van der Waals surface area contributed by atoms with Gasteiger partial charge in [0.1, 0.15) is 5.76 Å². The number of carbonyl (C=O) groups is 2. The summed E-state index contributed by atoms with van der Waals surface area (Å²) in [5, 5.41) is 20.5. The Morgan fingerprint density at radius 1 is 1.21 bits per heavy atom. The maximum Gasteiger partial charge on any atom is 0.290 e. The molecule has 2 aromatic rings. The first-order valence-corrected chi connectivity index (χ1v) is 9.10. The molecule has 0 aliphatic carbocycles. The van der Waals surface area contributed by atoms with E-state index in [1.165, 1.54) is 30.2 Å². The zero-order valence-electron chi connectivity index (χ0n) is 16.5. The SMILES string of the molecule is COCCCN1C(=O)C(O)=C(C(=O)c2ccc(C)o2)[C@@H]1c1ccc(O)c(OC)c1. The number of benzene rings is 1. The van der Waals surface area contributed by atoms with Crippen molar-refractivity contribution in [2.75, 3.05) is 27.4 Å². The van der Waals surface area contributed by atoms with Crippen LogP contribution in [0, 0.1) is 6.92 Å². The molecular weight excluding hydrogens is 378 g/mol. The summed E-state index contributed by atoms with van der Waals surface area (Å²) in [6.07, 6.45) is 0.516. The molecule has 0 fully saturated rings. The Morgan fingerprint density at radius 2 is 1.97 bits per heavy atom. The van der Waals surface area contributed by atoms with E-state index in [-0.39, 0.29) is 29.4 Å². The minimum absolute atomic E-state index is 0.0336. The van der Waals surface area contributed by atoms with Crippen LogP contribution in [0.15, 0.2) is 46.1 Å². The summed E-state index contributed by atoms with van der Waals surface area (Å²) in [7, 11) is 2.96. The summed E-state index contributed by atoms with van der Waals surface area (Å²) in [4.78, 5) is 27.3. The molecule has 0 unspecified atom stereocenters. The van der Waals surface area contributed by atoms with Crippen LogP contribution in [-0.2, 0) is 9.53 Å². The monoisotopic (exact) mass is 401 g/mol. The van der Waals surface area contributed by atoms with Crippen LogP contribution in [-0.4, -0.2) is 54.2 Å². The van der Waals surface area contributed by atoms with Crippen molar-refractivity contribution in [1.29, 1.82) is 0 Å². The fraction of sp³-hybridized carbons (Fsp3) is 0.333. The van der Waals surface area contributed by atoms with E-state index in [9.17, 15) is 19.8 Å². The van der Waals surface area contributed by atoms with Crippen LogP contribution in [0.5, 0.6) is 11.5 Å². The first-order valence-electron chi connectivity index (χ1n) is 9.10. The van der Waals surface area contributed by atoms with Crippen LogP contribution in [0.4, 0.5) is 0 Å². The molecule has 0 bridgehead atoms. The maximum atomic E-state index is 13.1.